The van der Waals surface area contributed by atoms with Gasteiger partial charge in [0.15, 0.2) is 0 Å². The number of nitrogens with two attached hydrogens (primary N) is 1. The highest BCUT2D eigenvalue weighted by molar-refractivity contribution is 5.79. The van der Waals surface area contributed by atoms with Crippen molar-refractivity contribution in [1.82, 2.24) is 5.32 Å². The van der Waals surface area contributed by atoms with Crippen molar-refractivity contribution in [1.29, 1.82) is 0 Å². The van der Waals surface area contributed by atoms with Crippen LogP contribution < -0.4 is 11.1 Å². The Kier molecular flexibility index (Phi) is 4.20. The van der Waals surface area contributed by atoms with Crippen molar-refractivity contribution < 1.29 is 9.90 Å². The second-order valence-electron chi connectivity index (χ2n) is 4.98. The molecule has 0 bridgehead atoms. The first-order chi connectivity index (χ1) is 8.65. The van der Waals surface area contributed by atoms with Crippen LogP contribution >= 0.6 is 0 Å². The number of para-hydroxylation sites is 1. The standard InChI is InChI=1S/C14H20N2O2/c15-11-5-7-12(8-6-11)16-14(18)9-10-3-1-2-4-13(10)17/h1-4,11-12,17H,5-9,15H2,(H,16,18). The van der Waals surface area contributed by atoms with E-state index in [1.54, 1.807) is 18.2 Å². The van der Waals surface area contributed by atoms with Crippen LogP contribution in [0.5, 0.6) is 5.75 Å². The molecular formula is C14H20N2O2. The Hall–Kier alpha value is -1.55. The van der Waals surface area contributed by atoms with Crippen molar-refractivity contribution in [2.75, 3.05) is 0 Å². The lowest BCUT2D eigenvalue weighted by Gasteiger charge is -2.26. The molecule has 1 aliphatic carbocycles. The molecule has 4 nitrogen and oxygen atoms in total. The monoisotopic (exact) mass is 248 g/mol. The minimum Gasteiger partial charge on any atom is -0.508 e. The number of carbonyl (C=O) groups is 1. The van der Waals surface area contributed by atoms with E-state index in [0.29, 0.717) is 5.56 Å². The number of rotatable bonds is 3. The van der Waals surface area contributed by atoms with Crippen molar-refractivity contribution >= 4 is 5.91 Å². The maximum atomic E-state index is 11.9. The van der Waals surface area contributed by atoms with E-state index in [2.05, 4.69) is 5.32 Å². The summed E-state index contributed by atoms with van der Waals surface area (Å²) in [7, 11) is 0. The molecule has 1 aromatic rings. The van der Waals surface area contributed by atoms with Gasteiger partial charge in [0.2, 0.25) is 5.91 Å². The third kappa shape index (κ3) is 3.47. The maximum Gasteiger partial charge on any atom is 0.224 e. The van der Waals surface area contributed by atoms with Gasteiger partial charge >= 0.3 is 0 Å². The Labute approximate surface area is 107 Å². The van der Waals surface area contributed by atoms with Crippen molar-refractivity contribution in [2.24, 2.45) is 5.73 Å². The molecule has 2 rings (SSSR count). The normalized spacial score (nSPS) is 23.6. The number of hydrogen-bond donors (Lipinski definition) is 3. The molecule has 0 saturated heterocycles. The molecule has 98 valence electrons. The fraction of sp³-hybridized carbons (Fsp3) is 0.500. The lowest BCUT2D eigenvalue weighted by molar-refractivity contribution is -0.121. The van der Waals surface area contributed by atoms with E-state index >= 15 is 0 Å². The van der Waals surface area contributed by atoms with Crippen LogP contribution in [0.1, 0.15) is 31.2 Å². The molecule has 1 fully saturated rings. The van der Waals surface area contributed by atoms with Gasteiger partial charge in [0.1, 0.15) is 5.75 Å². The van der Waals surface area contributed by atoms with Crippen LogP contribution in [-0.4, -0.2) is 23.1 Å². The first-order valence-corrected chi connectivity index (χ1v) is 6.47. The number of carbonyl (C=O) groups excluding carboxylic acids is 1. The third-order valence-corrected chi connectivity index (χ3v) is 3.48. The Balaban J connectivity index is 1.84. The predicted molar refractivity (Wildman–Crippen MR) is 70.2 cm³/mol. The molecule has 4 N–H and O–H groups in total. The molecule has 0 radical (unpaired) electrons. The predicted octanol–water partition coefficient (Wildman–Crippen LogP) is 1.32. The Morgan fingerprint density at radius 1 is 1.28 bits per heavy atom. The maximum absolute atomic E-state index is 11.9. The molecule has 0 heterocycles. The number of aromatic hydroxyl groups is 1. The second-order valence-corrected chi connectivity index (χ2v) is 4.98. The minimum absolute atomic E-state index is 0.0306. The van der Waals surface area contributed by atoms with Crippen molar-refractivity contribution in [3.05, 3.63) is 29.8 Å². The van der Waals surface area contributed by atoms with Gasteiger partial charge in [-0.05, 0) is 31.7 Å². The van der Waals surface area contributed by atoms with Gasteiger partial charge in [-0.3, -0.25) is 4.79 Å². The average molecular weight is 248 g/mol. The highest BCUT2D eigenvalue weighted by atomic mass is 16.3. The molecule has 1 amide bonds. The van der Waals surface area contributed by atoms with Crippen LogP contribution in [0.2, 0.25) is 0 Å². The molecule has 1 aromatic carbocycles. The van der Waals surface area contributed by atoms with Gasteiger partial charge in [-0.2, -0.15) is 0 Å². The van der Waals surface area contributed by atoms with Crippen LogP contribution in [0.3, 0.4) is 0 Å². The number of phenols is 1. The summed E-state index contributed by atoms with van der Waals surface area (Å²) < 4.78 is 0. The molecule has 1 aliphatic rings. The zero-order chi connectivity index (χ0) is 13.0. The van der Waals surface area contributed by atoms with E-state index < -0.39 is 0 Å². The summed E-state index contributed by atoms with van der Waals surface area (Å²) in [5, 5.41) is 12.6. The minimum atomic E-state index is -0.0306. The average Bonchev–Trinajstić information content (AvgIpc) is 2.35. The zero-order valence-corrected chi connectivity index (χ0v) is 10.4. The molecule has 0 aromatic heterocycles. The summed E-state index contributed by atoms with van der Waals surface area (Å²) in [5.74, 6) is 0.148. The summed E-state index contributed by atoms with van der Waals surface area (Å²) in [4.78, 5) is 11.9. The van der Waals surface area contributed by atoms with Gasteiger partial charge in [0.25, 0.3) is 0 Å². The summed E-state index contributed by atoms with van der Waals surface area (Å²) in [5.41, 5.74) is 6.49. The van der Waals surface area contributed by atoms with Gasteiger partial charge in [-0.25, -0.2) is 0 Å². The van der Waals surface area contributed by atoms with Gasteiger partial charge in [-0.15, -0.1) is 0 Å². The van der Waals surface area contributed by atoms with Crippen molar-refractivity contribution in [3.63, 3.8) is 0 Å². The Morgan fingerprint density at radius 2 is 1.94 bits per heavy atom. The largest absolute Gasteiger partial charge is 0.508 e. The van der Waals surface area contributed by atoms with E-state index in [9.17, 15) is 9.90 Å². The first-order valence-electron chi connectivity index (χ1n) is 6.47. The number of benzene rings is 1. The van der Waals surface area contributed by atoms with Gasteiger partial charge in [0.05, 0.1) is 6.42 Å². The molecule has 4 heteroatoms. The van der Waals surface area contributed by atoms with Gasteiger partial charge < -0.3 is 16.2 Å². The lowest BCUT2D eigenvalue weighted by Crippen LogP contribution is -2.41. The Morgan fingerprint density at radius 3 is 2.61 bits per heavy atom. The van der Waals surface area contributed by atoms with E-state index in [-0.39, 0.29) is 30.2 Å². The number of nitrogens with one attached hydrogen (secondary N) is 1. The Bertz CT molecular complexity index is 412. The molecule has 0 spiro atoms. The number of amides is 1. The topological polar surface area (TPSA) is 75.3 Å². The smallest absolute Gasteiger partial charge is 0.224 e. The van der Waals surface area contributed by atoms with E-state index in [4.69, 9.17) is 5.73 Å². The molecule has 18 heavy (non-hydrogen) atoms. The van der Waals surface area contributed by atoms with E-state index in [0.717, 1.165) is 25.7 Å². The summed E-state index contributed by atoms with van der Waals surface area (Å²) in [6.45, 7) is 0. The summed E-state index contributed by atoms with van der Waals surface area (Å²) in [6, 6.07) is 7.47. The van der Waals surface area contributed by atoms with Crippen molar-refractivity contribution in [2.45, 2.75) is 44.2 Å². The summed E-state index contributed by atoms with van der Waals surface area (Å²) >= 11 is 0. The van der Waals surface area contributed by atoms with E-state index in [1.807, 2.05) is 6.07 Å². The lowest BCUT2D eigenvalue weighted by atomic mass is 9.91. The molecular weight excluding hydrogens is 228 g/mol. The van der Waals surface area contributed by atoms with Crippen LogP contribution in [0.15, 0.2) is 24.3 Å². The molecule has 0 aliphatic heterocycles. The SMILES string of the molecule is NC1CCC(NC(=O)Cc2ccccc2O)CC1. The van der Waals surface area contributed by atoms with Crippen molar-refractivity contribution in [3.8, 4) is 5.75 Å². The molecule has 0 atom stereocenters. The van der Waals surface area contributed by atoms with Crippen LogP contribution in [-0.2, 0) is 11.2 Å². The van der Waals surface area contributed by atoms with Crippen LogP contribution in [0.25, 0.3) is 0 Å². The first kappa shape index (κ1) is 12.9. The highest BCUT2D eigenvalue weighted by Crippen LogP contribution is 2.18. The van der Waals surface area contributed by atoms with Crippen LogP contribution in [0, 0.1) is 0 Å². The quantitative estimate of drug-likeness (QED) is 0.755. The second kappa shape index (κ2) is 5.87. The fourth-order valence-corrected chi connectivity index (χ4v) is 2.38. The number of phenolic OH excluding ortho intramolecular Hbond substituents is 1. The third-order valence-electron chi connectivity index (χ3n) is 3.48. The zero-order valence-electron chi connectivity index (χ0n) is 10.4. The van der Waals surface area contributed by atoms with E-state index in [1.165, 1.54) is 0 Å². The van der Waals surface area contributed by atoms with Crippen LogP contribution in [0.4, 0.5) is 0 Å². The summed E-state index contributed by atoms with van der Waals surface area (Å²) in [6.07, 6.45) is 4.08. The molecule has 1 saturated carbocycles. The van der Waals surface area contributed by atoms with Gasteiger partial charge in [-0.1, -0.05) is 18.2 Å². The van der Waals surface area contributed by atoms with Gasteiger partial charge in [0, 0.05) is 17.6 Å². The number of hydrogen-bond acceptors (Lipinski definition) is 3. The highest BCUT2D eigenvalue weighted by Gasteiger charge is 2.20. The fourth-order valence-electron chi connectivity index (χ4n) is 2.38. The molecule has 0 unspecified atom stereocenters.